The van der Waals surface area contributed by atoms with E-state index in [1.54, 1.807) is 4.90 Å². The van der Waals surface area contributed by atoms with E-state index < -0.39 is 5.97 Å². The third-order valence-corrected chi connectivity index (χ3v) is 4.67. The van der Waals surface area contributed by atoms with Gasteiger partial charge in [-0.3, -0.25) is 14.4 Å². The van der Waals surface area contributed by atoms with Crippen LogP contribution in [0.5, 0.6) is 5.75 Å². The summed E-state index contributed by atoms with van der Waals surface area (Å²) in [6, 6.07) is 9.32. The molecule has 28 heavy (non-hydrogen) atoms. The zero-order valence-corrected chi connectivity index (χ0v) is 16.7. The fourth-order valence-corrected chi connectivity index (χ4v) is 3.43. The van der Waals surface area contributed by atoms with Crippen molar-refractivity contribution in [2.75, 3.05) is 32.8 Å². The molecule has 1 aliphatic rings. The van der Waals surface area contributed by atoms with Crippen LogP contribution in [0.25, 0.3) is 0 Å². The van der Waals surface area contributed by atoms with Crippen molar-refractivity contribution < 1.29 is 24.2 Å². The number of rotatable bonds is 9. The largest absolute Gasteiger partial charge is 0.493 e. The molecule has 1 heterocycles. The molecule has 2 rings (SSSR count). The molecule has 0 spiro atoms. The predicted octanol–water partition coefficient (Wildman–Crippen LogP) is 2.26. The summed E-state index contributed by atoms with van der Waals surface area (Å²) in [5, 5.41) is 9.10. The summed E-state index contributed by atoms with van der Waals surface area (Å²) in [5.41, 5.74) is 0. The Labute approximate surface area is 166 Å². The third-order valence-electron chi connectivity index (χ3n) is 4.67. The number of piperidine rings is 1. The van der Waals surface area contributed by atoms with Gasteiger partial charge in [0.1, 0.15) is 12.3 Å². The van der Waals surface area contributed by atoms with E-state index >= 15 is 0 Å². The van der Waals surface area contributed by atoms with Crippen molar-refractivity contribution in [3.63, 3.8) is 0 Å². The van der Waals surface area contributed by atoms with Gasteiger partial charge < -0.3 is 19.6 Å². The molecule has 7 nitrogen and oxygen atoms in total. The summed E-state index contributed by atoms with van der Waals surface area (Å²) in [7, 11) is 0. The molecule has 1 fully saturated rings. The average Bonchev–Trinajstić information content (AvgIpc) is 2.67. The smallest absolute Gasteiger partial charge is 0.323 e. The normalized spacial score (nSPS) is 16.7. The topological polar surface area (TPSA) is 87.2 Å². The summed E-state index contributed by atoms with van der Waals surface area (Å²) >= 11 is 0. The van der Waals surface area contributed by atoms with E-state index in [0.29, 0.717) is 26.1 Å². The van der Waals surface area contributed by atoms with Crippen LogP contribution in [0.1, 0.15) is 33.1 Å². The maximum Gasteiger partial charge on any atom is 0.323 e. The Balaban J connectivity index is 1.87. The van der Waals surface area contributed by atoms with E-state index in [1.165, 1.54) is 4.90 Å². The van der Waals surface area contributed by atoms with Gasteiger partial charge in [-0.15, -0.1) is 0 Å². The second-order valence-electron chi connectivity index (χ2n) is 7.60. The molecule has 1 aromatic carbocycles. The highest BCUT2D eigenvalue weighted by atomic mass is 16.5. The van der Waals surface area contributed by atoms with Gasteiger partial charge in [0.25, 0.3) is 0 Å². The van der Waals surface area contributed by atoms with Crippen LogP contribution in [-0.4, -0.2) is 65.5 Å². The Bertz CT molecular complexity index is 662. The molecule has 0 aliphatic carbocycles. The number of aliphatic carboxylic acids is 1. The second-order valence-corrected chi connectivity index (χ2v) is 7.60. The van der Waals surface area contributed by atoms with Crippen LogP contribution in [-0.2, 0) is 14.4 Å². The SMILES string of the molecule is CC(C)CN(CC(=O)O)C(=O)C1CCCN(C(=O)CCOc2ccccc2)C1. The number of likely N-dealkylation sites (tertiary alicyclic amines) is 1. The zero-order chi connectivity index (χ0) is 20.5. The zero-order valence-electron chi connectivity index (χ0n) is 16.7. The molecule has 0 saturated carbocycles. The first kappa shape index (κ1) is 21.7. The minimum absolute atomic E-state index is 0.0397. The van der Waals surface area contributed by atoms with E-state index in [4.69, 9.17) is 9.84 Å². The molecule has 1 N–H and O–H groups in total. The first-order valence-electron chi connectivity index (χ1n) is 9.83. The van der Waals surface area contributed by atoms with Crippen LogP contribution in [0.15, 0.2) is 30.3 Å². The van der Waals surface area contributed by atoms with E-state index in [-0.39, 0.29) is 43.2 Å². The van der Waals surface area contributed by atoms with Crippen LogP contribution in [0.2, 0.25) is 0 Å². The maximum absolute atomic E-state index is 12.8. The first-order chi connectivity index (χ1) is 13.4. The lowest BCUT2D eigenvalue weighted by atomic mass is 9.95. The van der Waals surface area contributed by atoms with E-state index in [2.05, 4.69) is 0 Å². The van der Waals surface area contributed by atoms with Crippen molar-refractivity contribution in [1.82, 2.24) is 9.80 Å². The Morgan fingerprint density at radius 3 is 2.61 bits per heavy atom. The number of benzene rings is 1. The average molecular weight is 390 g/mol. The standard InChI is InChI=1S/C21H30N2O5/c1-16(2)13-23(15-20(25)26)21(27)17-7-6-11-22(14-17)19(24)10-12-28-18-8-4-3-5-9-18/h3-5,8-9,16-17H,6-7,10-15H2,1-2H3,(H,25,26). The minimum atomic E-state index is -1.02. The van der Waals surface area contributed by atoms with Gasteiger partial charge >= 0.3 is 5.97 Å². The second kappa shape index (κ2) is 10.7. The molecule has 0 bridgehead atoms. The lowest BCUT2D eigenvalue weighted by molar-refractivity contribution is -0.149. The first-order valence-corrected chi connectivity index (χ1v) is 9.83. The van der Waals surface area contributed by atoms with Crippen LogP contribution >= 0.6 is 0 Å². The van der Waals surface area contributed by atoms with Crippen molar-refractivity contribution in [3.8, 4) is 5.75 Å². The molecule has 1 unspecified atom stereocenters. The van der Waals surface area contributed by atoms with Gasteiger partial charge in [-0.05, 0) is 30.9 Å². The molecule has 2 amide bonds. The molecular weight excluding hydrogens is 360 g/mol. The molecule has 1 aromatic rings. The Morgan fingerprint density at radius 1 is 1.25 bits per heavy atom. The molecule has 0 radical (unpaired) electrons. The summed E-state index contributed by atoms with van der Waals surface area (Å²) in [6.45, 7) is 5.26. The molecule has 154 valence electrons. The molecular formula is C21H30N2O5. The number of carboxylic acids is 1. The van der Waals surface area contributed by atoms with E-state index in [9.17, 15) is 14.4 Å². The van der Waals surface area contributed by atoms with Crippen molar-refractivity contribution in [3.05, 3.63) is 30.3 Å². The van der Waals surface area contributed by atoms with Crippen LogP contribution in [0.4, 0.5) is 0 Å². The maximum atomic E-state index is 12.8. The van der Waals surface area contributed by atoms with Crippen LogP contribution in [0, 0.1) is 11.8 Å². The molecule has 7 heteroatoms. The van der Waals surface area contributed by atoms with Gasteiger partial charge in [0.05, 0.1) is 18.9 Å². The number of hydrogen-bond donors (Lipinski definition) is 1. The van der Waals surface area contributed by atoms with Crippen molar-refractivity contribution >= 4 is 17.8 Å². The number of hydrogen-bond acceptors (Lipinski definition) is 4. The predicted molar refractivity (Wildman–Crippen MR) is 105 cm³/mol. The molecule has 1 atom stereocenters. The third kappa shape index (κ3) is 6.87. The lowest BCUT2D eigenvalue weighted by Gasteiger charge is -2.35. The van der Waals surface area contributed by atoms with Crippen LogP contribution in [0.3, 0.4) is 0 Å². The Hall–Kier alpha value is -2.57. The summed E-state index contributed by atoms with van der Waals surface area (Å²) < 4.78 is 5.58. The number of nitrogens with zero attached hydrogens (tertiary/aromatic N) is 2. The van der Waals surface area contributed by atoms with Gasteiger partial charge in [0.15, 0.2) is 0 Å². The van der Waals surface area contributed by atoms with Gasteiger partial charge in [0, 0.05) is 19.6 Å². The summed E-state index contributed by atoms with van der Waals surface area (Å²) in [4.78, 5) is 39.6. The fourth-order valence-electron chi connectivity index (χ4n) is 3.43. The minimum Gasteiger partial charge on any atom is -0.493 e. The lowest BCUT2D eigenvalue weighted by Crippen LogP contribution is -2.48. The quantitative estimate of drug-likeness (QED) is 0.699. The fraction of sp³-hybridized carbons (Fsp3) is 0.571. The monoisotopic (exact) mass is 390 g/mol. The van der Waals surface area contributed by atoms with Gasteiger partial charge in [-0.1, -0.05) is 32.0 Å². The van der Waals surface area contributed by atoms with Crippen LogP contribution < -0.4 is 4.74 Å². The Kier molecular flexibility index (Phi) is 8.29. The van der Waals surface area contributed by atoms with Crippen molar-refractivity contribution in [2.45, 2.75) is 33.1 Å². The summed E-state index contributed by atoms with van der Waals surface area (Å²) in [5.74, 6) is -0.669. The van der Waals surface area contributed by atoms with Crippen molar-refractivity contribution in [1.29, 1.82) is 0 Å². The number of carbonyl (C=O) groups is 3. The Morgan fingerprint density at radius 2 is 1.96 bits per heavy atom. The highest BCUT2D eigenvalue weighted by Gasteiger charge is 2.32. The van der Waals surface area contributed by atoms with Gasteiger partial charge in [-0.25, -0.2) is 0 Å². The number of para-hydroxylation sites is 1. The number of carbonyl (C=O) groups excluding carboxylic acids is 2. The number of carboxylic acid groups (broad SMARTS) is 1. The molecule has 1 aliphatic heterocycles. The van der Waals surface area contributed by atoms with E-state index in [1.807, 2.05) is 44.2 Å². The van der Waals surface area contributed by atoms with E-state index in [0.717, 1.165) is 12.2 Å². The van der Waals surface area contributed by atoms with Gasteiger partial charge in [-0.2, -0.15) is 0 Å². The summed E-state index contributed by atoms with van der Waals surface area (Å²) in [6.07, 6.45) is 1.67. The number of ether oxygens (including phenoxy) is 1. The highest BCUT2D eigenvalue weighted by molar-refractivity contribution is 5.84. The molecule has 1 saturated heterocycles. The highest BCUT2D eigenvalue weighted by Crippen LogP contribution is 2.20. The number of amides is 2. The van der Waals surface area contributed by atoms with Crippen molar-refractivity contribution in [2.24, 2.45) is 11.8 Å². The molecule has 0 aromatic heterocycles. The van der Waals surface area contributed by atoms with Gasteiger partial charge in [0.2, 0.25) is 11.8 Å².